The van der Waals surface area contributed by atoms with E-state index >= 15 is 0 Å². The Morgan fingerprint density at radius 2 is 1.95 bits per heavy atom. The fourth-order valence-electron chi connectivity index (χ4n) is 2.71. The van der Waals surface area contributed by atoms with Gasteiger partial charge in [-0.3, -0.25) is 4.79 Å². The molecule has 98 valence electrons. The summed E-state index contributed by atoms with van der Waals surface area (Å²) in [6, 6.07) is 14.7. The van der Waals surface area contributed by atoms with Gasteiger partial charge in [0.15, 0.2) is 0 Å². The van der Waals surface area contributed by atoms with Crippen LogP contribution in [0.4, 0.5) is 0 Å². The van der Waals surface area contributed by atoms with Gasteiger partial charge in [-0.05, 0) is 22.8 Å². The Kier molecular flexibility index (Phi) is 3.43. The monoisotopic (exact) mass is 273 g/mol. The van der Waals surface area contributed by atoms with Crippen molar-refractivity contribution >= 4 is 28.3 Å². The van der Waals surface area contributed by atoms with E-state index < -0.39 is 0 Å². The smallest absolute Gasteiger partial charge is 0.224 e. The van der Waals surface area contributed by atoms with Crippen molar-refractivity contribution in [1.29, 1.82) is 0 Å². The summed E-state index contributed by atoms with van der Waals surface area (Å²) in [6.07, 6.45) is 1.37. The molecule has 2 aromatic carbocycles. The lowest BCUT2D eigenvalue weighted by Gasteiger charge is -2.16. The molecule has 2 aromatic rings. The first-order valence-electron chi connectivity index (χ1n) is 6.62. The van der Waals surface area contributed by atoms with Crippen LogP contribution in [-0.2, 0) is 11.2 Å². The number of hydrogen-bond acceptors (Lipinski definition) is 1. The van der Waals surface area contributed by atoms with Crippen molar-refractivity contribution in [2.45, 2.75) is 18.2 Å². The number of alkyl halides is 1. The van der Waals surface area contributed by atoms with Crippen molar-refractivity contribution in [2.75, 3.05) is 13.1 Å². The minimum Gasteiger partial charge on any atom is -0.341 e. The minimum absolute atomic E-state index is 0.0139. The second-order valence-electron chi connectivity index (χ2n) is 5.03. The molecule has 1 atom stereocenters. The van der Waals surface area contributed by atoms with Crippen molar-refractivity contribution in [1.82, 2.24) is 4.90 Å². The summed E-state index contributed by atoms with van der Waals surface area (Å²) in [5.74, 6) is 0.181. The van der Waals surface area contributed by atoms with Gasteiger partial charge in [0.2, 0.25) is 5.91 Å². The van der Waals surface area contributed by atoms with Gasteiger partial charge in [0.1, 0.15) is 0 Å². The van der Waals surface area contributed by atoms with E-state index in [9.17, 15) is 4.79 Å². The average molecular weight is 274 g/mol. The molecule has 1 aliphatic heterocycles. The van der Waals surface area contributed by atoms with Gasteiger partial charge in [-0.25, -0.2) is 0 Å². The van der Waals surface area contributed by atoms with E-state index in [1.807, 2.05) is 11.0 Å². The largest absolute Gasteiger partial charge is 0.341 e. The van der Waals surface area contributed by atoms with E-state index in [0.717, 1.165) is 13.0 Å². The molecule has 0 aromatic heterocycles. The minimum atomic E-state index is -0.0139. The second kappa shape index (κ2) is 5.22. The molecule has 3 heteroatoms. The molecule has 3 rings (SSSR count). The summed E-state index contributed by atoms with van der Waals surface area (Å²) in [6.45, 7) is 1.45. The molecule has 0 radical (unpaired) electrons. The summed E-state index contributed by atoms with van der Waals surface area (Å²) in [4.78, 5) is 13.6. The molecular formula is C16H16ClNO. The van der Waals surface area contributed by atoms with E-state index in [4.69, 9.17) is 11.6 Å². The number of carbonyl (C=O) groups is 1. The van der Waals surface area contributed by atoms with Gasteiger partial charge >= 0.3 is 0 Å². The number of amides is 1. The maximum absolute atomic E-state index is 11.7. The van der Waals surface area contributed by atoms with Crippen LogP contribution < -0.4 is 0 Å². The predicted molar refractivity (Wildman–Crippen MR) is 78.5 cm³/mol. The van der Waals surface area contributed by atoms with Gasteiger partial charge in [-0.15, -0.1) is 11.6 Å². The molecule has 19 heavy (non-hydrogen) atoms. The lowest BCUT2D eigenvalue weighted by atomic mass is 10.0. The van der Waals surface area contributed by atoms with Gasteiger partial charge in [0, 0.05) is 19.5 Å². The third-order valence-corrected chi connectivity index (χ3v) is 3.99. The topological polar surface area (TPSA) is 20.3 Å². The molecule has 0 N–H and O–H groups in total. The summed E-state index contributed by atoms with van der Waals surface area (Å²) >= 11 is 6.02. The zero-order valence-electron chi connectivity index (χ0n) is 10.7. The molecule has 0 bridgehead atoms. The number of benzene rings is 2. The van der Waals surface area contributed by atoms with Crippen LogP contribution in [0.15, 0.2) is 42.5 Å². The van der Waals surface area contributed by atoms with Gasteiger partial charge in [-0.2, -0.15) is 0 Å². The molecule has 1 saturated heterocycles. The number of likely N-dealkylation sites (tertiary alicyclic amines) is 1. The number of halogens is 1. The number of rotatable bonds is 3. The maximum atomic E-state index is 11.7. The van der Waals surface area contributed by atoms with Gasteiger partial charge in [0.25, 0.3) is 0 Å². The normalized spacial score (nSPS) is 19.3. The molecule has 1 fully saturated rings. The molecule has 1 aliphatic rings. The fourth-order valence-corrected chi connectivity index (χ4v) is 3.00. The number of carbonyl (C=O) groups excluding carboxylic acids is 1. The lowest BCUT2D eigenvalue weighted by molar-refractivity contribution is -0.127. The first-order valence-corrected chi connectivity index (χ1v) is 7.06. The zero-order valence-corrected chi connectivity index (χ0v) is 11.4. The highest BCUT2D eigenvalue weighted by atomic mass is 35.5. The average Bonchev–Trinajstić information content (AvgIpc) is 2.74. The van der Waals surface area contributed by atoms with Crippen LogP contribution in [0, 0.1) is 0 Å². The third kappa shape index (κ3) is 2.59. The highest BCUT2D eigenvalue weighted by molar-refractivity contribution is 6.22. The second-order valence-corrected chi connectivity index (χ2v) is 5.65. The van der Waals surface area contributed by atoms with E-state index in [2.05, 4.69) is 36.4 Å². The highest BCUT2D eigenvalue weighted by Gasteiger charge is 2.27. The quantitative estimate of drug-likeness (QED) is 0.787. The van der Waals surface area contributed by atoms with E-state index in [-0.39, 0.29) is 11.3 Å². The first-order chi connectivity index (χ1) is 9.24. The Bertz CT molecular complexity index is 605. The van der Waals surface area contributed by atoms with Crippen LogP contribution in [0.5, 0.6) is 0 Å². The van der Waals surface area contributed by atoms with Gasteiger partial charge in [0.05, 0.1) is 5.38 Å². The van der Waals surface area contributed by atoms with Crippen molar-refractivity contribution < 1.29 is 4.79 Å². The van der Waals surface area contributed by atoms with Crippen LogP contribution in [-0.4, -0.2) is 29.3 Å². The fraction of sp³-hybridized carbons (Fsp3) is 0.312. The third-order valence-electron chi connectivity index (χ3n) is 3.70. The Morgan fingerprint density at radius 3 is 2.74 bits per heavy atom. The molecule has 0 saturated carbocycles. The van der Waals surface area contributed by atoms with Crippen LogP contribution in [0.25, 0.3) is 10.8 Å². The van der Waals surface area contributed by atoms with E-state index in [0.29, 0.717) is 13.0 Å². The molecule has 0 aliphatic carbocycles. The molecular weight excluding hydrogens is 258 g/mol. The summed E-state index contributed by atoms with van der Waals surface area (Å²) in [5.41, 5.74) is 1.30. The Hall–Kier alpha value is -1.54. The highest BCUT2D eigenvalue weighted by Crippen LogP contribution is 2.21. The predicted octanol–water partition coefficient (Wildman–Crippen LogP) is 3.22. The molecule has 1 amide bonds. The SMILES string of the molecule is O=C1CC(Cl)CN1CCc1cccc2ccccc12. The van der Waals surface area contributed by atoms with Gasteiger partial charge < -0.3 is 4.90 Å². The maximum Gasteiger partial charge on any atom is 0.224 e. The van der Waals surface area contributed by atoms with Crippen molar-refractivity contribution in [3.8, 4) is 0 Å². The van der Waals surface area contributed by atoms with Gasteiger partial charge in [-0.1, -0.05) is 42.5 Å². The number of fused-ring (bicyclic) bond motifs is 1. The summed E-state index contributed by atoms with van der Waals surface area (Å²) in [5, 5.41) is 2.52. The standard InChI is InChI=1S/C16H16ClNO/c17-14-10-16(19)18(11-14)9-8-13-6-3-5-12-4-1-2-7-15(12)13/h1-7,14H,8-11H2. The van der Waals surface area contributed by atoms with Crippen LogP contribution in [0.3, 0.4) is 0 Å². The van der Waals surface area contributed by atoms with Crippen LogP contribution >= 0.6 is 11.6 Å². The molecule has 1 unspecified atom stereocenters. The Labute approximate surface area is 118 Å². The molecule has 0 spiro atoms. The summed E-state index contributed by atoms with van der Waals surface area (Å²) < 4.78 is 0. The number of hydrogen-bond donors (Lipinski definition) is 0. The van der Waals surface area contributed by atoms with Crippen LogP contribution in [0.2, 0.25) is 0 Å². The molecule has 1 heterocycles. The van der Waals surface area contributed by atoms with Crippen LogP contribution in [0.1, 0.15) is 12.0 Å². The lowest BCUT2D eigenvalue weighted by Crippen LogP contribution is -2.27. The van der Waals surface area contributed by atoms with E-state index in [1.54, 1.807) is 0 Å². The Balaban J connectivity index is 1.77. The van der Waals surface area contributed by atoms with E-state index in [1.165, 1.54) is 16.3 Å². The molecule has 2 nitrogen and oxygen atoms in total. The van der Waals surface area contributed by atoms with Crippen molar-refractivity contribution in [3.05, 3.63) is 48.0 Å². The van der Waals surface area contributed by atoms with Crippen molar-refractivity contribution in [2.24, 2.45) is 0 Å². The number of nitrogens with zero attached hydrogens (tertiary/aromatic N) is 1. The summed E-state index contributed by atoms with van der Waals surface area (Å²) in [7, 11) is 0. The van der Waals surface area contributed by atoms with Crippen molar-refractivity contribution in [3.63, 3.8) is 0 Å². The Morgan fingerprint density at radius 1 is 1.16 bits per heavy atom. The first kappa shape index (κ1) is 12.5. The zero-order chi connectivity index (χ0) is 13.2.